The van der Waals surface area contributed by atoms with Gasteiger partial charge in [0.15, 0.2) is 5.58 Å². The summed E-state index contributed by atoms with van der Waals surface area (Å²) < 4.78 is 11.8. The molecule has 128 valence electrons. The lowest BCUT2D eigenvalue weighted by molar-refractivity contribution is -0.131. The summed E-state index contributed by atoms with van der Waals surface area (Å²) in [4.78, 5) is 16.0. The average molecular weight is 420 g/mol. The molecule has 0 atom stereocenters. The van der Waals surface area contributed by atoms with Crippen molar-refractivity contribution in [2.45, 2.75) is 12.1 Å². The molecule has 0 saturated heterocycles. The van der Waals surface area contributed by atoms with Gasteiger partial charge in [0.2, 0.25) is 0 Å². The molecule has 1 heterocycles. The van der Waals surface area contributed by atoms with Gasteiger partial charge in [-0.3, -0.25) is 0 Å². The van der Waals surface area contributed by atoms with Gasteiger partial charge >= 0.3 is 5.97 Å². The normalized spacial score (nSPS) is 11.7. The molecule has 0 fully saturated rings. The predicted molar refractivity (Wildman–Crippen MR) is 101 cm³/mol. The van der Waals surface area contributed by atoms with Crippen molar-refractivity contribution in [1.82, 2.24) is 4.98 Å². The monoisotopic (exact) mass is 419 g/mol. The fourth-order valence-electron chi connectivity index (χ4n) is 2.15. The van der Waals surface area contributed by atoms with Gasteiger partial charge in [0.05, 0.1) is 11.1 Å². The van der Waals surface area contributed by atoms with E-state index in [0.717, 1.165) is 21.8 Å². The van der Waals surface area contributed by atoms with Crippen LogP contribution in [0.5, 0.6) is 5.75 Å². The van der Waals surface area contributed by atoms with Crippen LogP contribution in [0.25, 0.3) is 17.2 Å². The number of thioether (sulfide) groups is 1. The number of rotatable bonds is 6. The van der Waals surface area contributed by atoms with Gasteiger partial charge < -0.3 is 14.3 Å². The van der Waals surface area contributed by atoms with Crippen LogP contribution in [0.2, 0.25) is 0 Å². The lowest BCUT2D eigenvalue weighted by Gasteiger charge is -2.06. The molecule has 0 amide bonds. The Hall–Kier alpha value is -2.25. The lowest BCUT2D eigenvalue weighted by Crippen LogP contribution is -1.97. The van der Waals surface area contributed by atoms with Gasteiger partial charge in [-0.05, 0) is 70.5 Å². The Morgan fingerprint density at radius 3 is 2.84 bits per heavy atom. The van der Waals surface area contributed by atoms with Crippen molar-refractivity contribution in [3.05, 3.63) is 57.4 Å². The van der Waals surface area contributed by atoms with Gasteiger partial charge in [0.25, 0.3) is 5.22 Å². The van der Waals surface area contributed by atoms with Crippen LogP contribution in [0.3, 0.4) is 0 Å². The highest BCUT2D eigenvalue weighted by molar-refractivity contribution is 9.10. The number of aromatic nitrogens is 1. The van der Waals surface area contributed by atoms with Crippen LogP contribution in [0.15, 0.2) is 61.5 Å². The van der Waals surface area contributed by atoms with Gasteiger partial charge in [-0.2, -0.15) is 0 Å². The standard InChI is InChI=1S/C18H14BrNO4S/c1-2-23-14-8-7-11(9-12(14)19)10-16(17(21)22)25-18-20-13-5-3-4-6-15(13)24-18/h3-10H,2H2,1H3,(H,21,22)/b16-10-. The van der Waals surface area contributed by atoms with Crippen molar-refractivity contribution >= 4 is 50.8 Å². The molecule has 0 aliphatic carbocycles. The Labute approximate surface area is 156 Å². The molecule has 0 bridgehead atoms. The molecule has 5 nitrogen and oxygen atoms in total. The number of hydrogen-bond acceptors (Lipinski definition) is 5. The number of oxazole rings is 1. The van der Waals surface area contributed by atoms with E-state index in [0.29, 0.717) is 28.7 Å². The minimum Gasteiger partial charge on any atom is -0.493 e. The van der Waals surface area contributed by atoms with Crippen LogP contribution in [-0.4, -0.2) is 22.7 Å². The largest absolute Gasteiger partial charge is 0.493 e. The SMILES string of the molecule is CCOc1ccc(/C=C(\Sc2nc3ccccc3o2)C(=O)O)cc1Br. The maximum absolute atomic E-state index is 11.6. The van der Waals surface area contributed by atoms with Gasteiger partial charge in [0.1, 0.15) is 16.2 Å². The van der Waals surface area contributed by atoms with E-state index in [9.17, 15) is 9.90 Å². The molecule has 2 aromatic carbocycles. The molecule has 0 radical (unpaired) electrons. The highest BCUT2D eigenvalue weighted by Crippen LogP contribution is 2.32. The van der Waals surface area contributed by atoms with Crippen molar-refractivity contribution in [2.24, 2.45) is 0 Å². The van der Waals surface area contributed by atoms with E-state index in [1.165, 1.54) is 0 Å². The van der Waals surface area contributed by atoms with Gasteiger partial charge in [-0.1, -0.05) is 18.2 Å². The molecule has 7 heteroatoms. The van der Waals surface area contributed by atoms with E-state index in [4.69, 9.17) is 9.15 Å². The fraction of sp³-hybridized carbons (Fsp3) is 0.111. The number of para-hydroxylation sites is 2. The zero-order valence-corrected chi connectivity index (χ0v) is 15.6. The Kier molecular flexibility index (Phi) is 5.45. The quantitative estimate of drug-likeness (QED) is 0.436. The van der Waals surface area contributed by atoms with E-state index in [-0.39, 0.29) is 4.91 Å². The summed E-state index contributed by atoms with van der Waals surface area (Å²) in [6.07, 6.45) is 1.57. The van der Waals surface area contributed by atoms with Crippen LogP contribution in [0.4, 0.5) is 0 Å². The second kappa shape index (κ2) is 7.76. The molecular formula is C18H14BrNO4S. The minimum absolute atomic E-state index is 0.114. The number of carbonyl (C=O) groups is 1. The molecule has 0 saturated carbocycles. The van der Waals surface area contributed by atoms with E-state index < -0.39 is 5.97 Å². The number of fused-ring (bicyclic) bond motifs is 1. The molecule has 3 rings (SSSR count). The Bertz CT molecular complexity index is 918. The minimum atomic E-state index is -1.04. The van der Waals surface area contributed by atoms with Crippen LogP contribution in [0, 0.1) is 0 Å². The van der Waals surface area contributed by atoms with Crippen molar-refractivity contribution in [3.8, 4) is 5.75 Å². The highest BCUT2D eigenvalue weighted by atomic mass is 79.9. The Morgan fingerprint density at radius 1 is 1.36 bits per heavy atom. The van der Waals surface area contributed by atoms with Crippen LogP contribution in [0.1, 0.15) is 12.5 Å². The molecular weight excluding hydrogens is 406 g/mol. The second-order valence-corrected chi connectivity index (χ2v) is 6.83. The molecule has 1 aromatic heterocycles. The summed E-state index contributed by atoms with van der Waals surface area (Å²) in [6.45, 7) is 2.46. The summed E-state index contributed by atoms with van der Waals surface area (Å²) in [6, 6.07) is 12.7. The third-order valence-corrected chi connectivity index (χ3v) is 4.72. The Balaban J connectivity index is 1.88. The first-order valence-corrected chi connectivity index (χ1v) is 9.08. The highest BCUT2D eigenvalue weighted by Gasteiger charge is 2.15. The third-order valence-electron chi connectivity index (χ3n) is 3.24. The average Bonchev–Trinajstić information content (AvgIpc) is 2.99. The number of nitrogens with zero attached hydrogens (tertiary/aromatic N) is 1. The predicted octanol–water partition coefficient (Wildman–Crippen LogP) is 5.21. The van der Waals surface area contributed by atoms with E-state index in [1.54, 1.807) is 30.3 Å². The first-order chi connectivity index (χ1) is 12.1. The molecule has 25 heavy (non-hydrogen) atoms. The van der Waals surface area contributed by atoms with Crippen LogP contribution >= 0.6 is 27.7 Å². The summed E-state index contributed by atoms with van der Waals surface area (Å²) in [5.74, 6) is -0.333. The van der Waals surface area contributed by atoms with E-state index in [2.05, 4.69) is 20.9 Å². The number of carboxylic acids is 1. The first kappa shape index (κ1) is 17.6. The van der Waals surface area contributed by atoms with Gasteiger partial charge in [0, 0.05) is 0 Å². The maximum Gasteiger partial charge on any atom is 0.342 e. The van der Waals surface area contributed by atoms with Crippen LogP contribution < -0.4 is 4.74 Å². The molecule has 0 aliphatic heterocycles. The Morgan fingerprint density at radius 2 is 2.16 bits per heavy atom. The van der Waals surface area contributed by atoms with E-state index in [1.807, 2.05) is 25.1 Å². The third kappa shape index (κ3) is 4.24. The first-order valence-electron chi connectivity index (χ1n) is 7.47. The summed E-state index contributed by atoms with van der Waals surface area (Å²) in [5.41, 5.74) is 2.05. The number of carboxylic acid groups (broad SMARTS) is 1. The fourth-order valence-corrected chi connectivity index (χ4v) is 3.41. The van der Waals surface area contributed by atoms with E-state index >= 15 is 0 Å². The summed E-state index contributed by atoms with van der Waals surface area (Å²) in [5, 5.41) is 9.78. The maximum atomic E-state index is 11.6. The van der Waals surface area contributed by atoms with Crippen molar-refractivity contribution < 1.29 is 19.1 Å². The van der Waals surface area contributed by atoms with Crippen LogP contribution in [-0.2, 0) is 4.79 Å². The van der Waals surface area contributed by atoms with Gasteiger partial charge in [-0.25, -0.2) is 9.78 Å². The lowest BCUT2D eigenvalue weighted by atomic mass is 10.2. The van der Waals surface area contributed by atoms with Crippen molar-refractivity contribution in [2.75, 3.05) is 6.61 Å². The number of aliphatic carboxylic acids is 1. The zero-order valence-electron chi connectivity index (χ0n) is 13.2. The molecule has 0 aliphatic rings. The topological polar surface area (TPSA) is 72.6 Å². The number of benzene rings is 2. The molecule has 1 N–H and O–H groups in total. The molecule has 0 unspecified atom stereocenters. The van der Waals surface area contributed by atoms with Crippen molar-refractivity contribution in [3.63, 3.8) is 0 Å². The second-order valence-electron chi connectivity index (χ2n) is 4.99. The van der Waals surface area contributed by atoms with Gasteiger partial charge in [-0.15, -0.1) is 0 Å². The number of hydrogen-bond donors (Lipinski definition) is 1. The smallest absolute Gasteiger partial charge is 0.342 e. The van der Waals surface area contributed by atoms with Crippen molar-refractivity contribution in [1.29, 1.82) is 0 Å². The molecule has 0 spiro atoms. The number of ether oxygens (including phenoxy) is 1. The summed E-state index contributed by atoms with van der Waals surface area (Å²) >= 11 is 4.40. The zero-order chi connectivity index (χ0) is 17.8. The number of halogens is 1. The molecule has 3 aromatic rings. The summed E-state index contributed by atoms with van der Waals surface area (Å²) in [7, 11) is 0.